The molecule has 2 bridgehead atoms. The van der Waals surface area contributed by atoms with Gasteiger partial charge in [0.2, 0.25) is 0 Å². The summed E-state index contributed by atoms with van der Waals surface area (Å²) in [5.74, 6) is 0. The number of thiocarbonyl (C=S) groups is 1. The number of hydrogen-bond acceptors (Lipinski definition) is 3. The molecule has 0 radical (unpaired) electrons. The van der Waals surface area contributed by atoms with Crippen molar-refractivity contribution in [1.82, 2.24) is 15.5 Å². The van der Waals surface area contributed by atoms with Crippen LogP contribution in [0.5, 0.6) is 0 Å². The lowest BCUT2D eigenvalue weighted by molar-refractivity contribution is 0.115. The van der Waals surface area contributed by atoms with Crippen LogP contribution in [0, 0.1) is 0 Å². The van der Waals surface area contributed by atoms with Gasteiger partial charge in [0.05, 0.1) is 0 Å². The Labute approximate surface area is 150 Å². The molecule has 1 aromatic carbocycles. The number of benzene rings is 1. The van der Waals surface area contributed by atoms with E-state index >= 15 is 0 Å². The van der Waals surface area contributed by atoms with Gasteiger partial charge in [-0.05, 0) is 49.9 Å². The van der Waals surface area contributed by atoms with Crippen LogP contribution in [0.25, 0.3) is 0 Å². The Morgan fingerprint density at radius 3 is 2.58 bits per heavy atom. The molecular weight excluding hydrogens is 318 g/mol. The van der Waals surface area contributed by atoms with Gasteiger partial charge in [-0.2, -0.15) is 0 Å². The summed E-state index contributed by atoms with van der Waals surface area (Å²) in [5.41, 5.74) is 1.43. The van der Waals surface area contributed by atoms with Crippen molar-refractivity contribution in [3.05, 3.63) is 35.9 Å². The largest absolute Gasteiger partial charge is 0.385 e. The minimum Gasteiger partial charge on any atom is -0.385 e. The van der Waals surface area contributed by atoms with Crippen molar-refractivity contribution in [2.75, 3.05) is 20.3 Å². The van der Waals surface area contributed by atoms with E-state index in [0.717, 1.165) is 31.2 Å². The van der Waals surface area contributed by atoms with Crippen molar-refractivity contribution in [3.63, 3.8) is 0 Å². The van der Waals surface area contributed by atoms with E-state index < -0.39 is 0 Å². The zero-order valence-electron chi connectivity index (χ0n) is 14.5. The summed E-state index contributed by atoms with van der Waals surface area (Å²) in [4.78, 5) is 2.71. The Kier molecular flexibility index (Phi) is 6.46. The Morgan fingerprint density at radius 2 is 1.92 bits per heavy atom. The molecule has 1 aromatic rings. The quantitative estimate of drug-likeness (QED) is 0.586. The highest BCUT2D eigenvalue weighted by Gasteiger charge is 2.40. The minimum atomic E-state index is 0.511. The monoisotopic (exact) mass is 347 g/mol. The molecule has 2 N–H and O–H groups in total. The molecule has 1 unspecified atom stereocenters. The highest BCUT2D eigenvalue weighted by Crippen LogP contribution is 2.36. The molecule has 2 fully saturated rings. The average molecular weight is 348 g/mol. The minimum absolute atomic E-state index is 0.511. The first-order valence-electron chi connectivity index (χ1n) is 9.09. The molecule has 3 rings (SSSR count). The number of nitrogens with zero attached hydrogens (tertiary/aromatic N) is 1. The van der Waals surface area contributed by atoms with Crippen LogP contribution in [0.15, 0.2) is 30.3 Å². The molecule has 0 spiro atoms. The van der Waals surface area contributed by atoms with Crippen molar-refractivity contribution in [1.29, 1.82) is 0 Å². The first-order chi connectivity index (χ1) is 11.8. The zero-order chi connectivity index (χ0) is 16.8. The van der Waals surface area contributed by atoms with Gasteiger partial charge in [0, 0.05) is 44.9 Å². The molecule has 0 aliphatic carbocycles. The molecule has 2 aliphatic heterocycles. The Balaban J connectivity index is 1.45. The highest BCUT2D eigenvalue weighted by molar-refractivity contribution is 7.80. The summed E-state index contributed by atoms with van der Waals surface area (Å²) >= 11 is 5.44. The van der Waals surface area contributed by atoms with Gasteiger partial charge in [-0.25, -0.2) is 0 Å². The molecule has 2 saturated heterocycles. The fraction of sp³-hybridized carbons (Fsp3) is 0.632. The normalized spacial score (nSPS) is 26.3. The van der Waals surface area contributed by atoms with Gasteiger partial charge in [0.1, 0.15) is 0 Å². The summed E-state index contributed by atoms with van der Waals surface area (Å²) in [5, 5.41) is 7.62. The highest BCUT2D eigenvalue weighted by atomic mass is 32.1. The molecule has 0 aromatic heterocycles. The van der Waals surface area contributed by atoms with Gasteiger partial charge >= 0.3 is 0 Å². The molecule has 2 heterocycles. The second-order valence-corrected chi connectivity index (χ2v) is 7.37. The van der Waals surface area contributed by atoms with Crippen LogP contribution in [0.1, 0.15) is 37.7 Å². The third kappa shape index (κ3) is 4.68. The number of hydrogen-bond donors (Lipinski definition) is 2. The maximum atomic E-state index is 5.44. The Bertz CT molecular complexity index is 511. The number of piperidine rings is 1. The first-order valence-corrected chi connectivity index (χ1v) is 9.50. The SMILES string of the molecule is COCCCNC(=S)NC1C[C@H]2CC[C@@H](C1)N2Cc1ccccc1. The maximum Gasteiger partial charge on any atom is 0.166 e. The average Bonchev–Trinajstić information content (AvgIpc) is 2.82. The van der Waals surface area contributed by atoms with Gasteiger partial charge < -0.3 is 15.4 Å². The topological polar surface area (TPSA) is 36.5 Å². The van der Waals surface area contributed by atoms with Gasteiger partial charge in [0.15, 0.2) is 5.11 Å². The predicted octanol–water partition coefficient (Wildman–Crippen LogP) is 2.68. The lowest BCUT2D eigenvalue weighted by atomic mass is 9.96. The van der Waals surface area contributed by atoms with E-state index in [9.17, 15) is 0 Å². The smallest absolute Gasteiger partial charge is 0.166 e. The number of rotatable bonds is 7. The standard InChI is InChI=1S/C19H29N3OS/c1-23-11-5-10-20-19(24)21-16-12-17-8-9-18(13-16)22(17)14-15-6-3-2-4-7-15/h2-4,6-7,16-18H,5,8-14H2,1H3,(H2,20,21,24)/t16?,17-,18+. The van der Waals surface area contributed by atoms with E-state index in [1.54, 1.807) is 7.11 Å². The molecule has 132 valence electrons. The molecule has 0 saturated carbocycles. The third-order valence-corrected chi connectivity index (χ3v) is 5.50. The van der Waals surface area contributed by atoms with E-state index in [-0.39, 0.29) is 0 Å². The van der Waals surface area contributed by atoms with Crippen LogP contribution in [0.3, 0.4) is 0 Å². The molecule has 4 nitrogen and oxygen atoms in total. The van der Waals surface area contributed by atoms with Gasteiger partial charge in [-0.1, -0.05) is 30.3 Å². The van der Waals surface area contributed by atoms with Crippen molar-refractivity contribution in [2.24, 2.45) is 0 Å². The Morgan fingerprint density at radius 1 is 1.21 bits per heavy atom. The lowest BCUT2D eigenvalue weighted by Gasteiger charge is -2.39. The fourth-order valence-electron chi connectivity index (χ4n) is 4.10. The van der Waals surface area contributed by atoms with Crippen LogP contribution in [0.2, 0.25) is 0 Å². The van der Waals surface area contributed by atoms with Crippen molar-refractivity contribution >= 4 is 17.3 Å². The second-order valence-electron chi connectivity index (χ2n) is 6.96. The molecule has 5 heteroatoms. The van der Waals surface area contributed by atoms with Crippen molar-refractivity contribution in [2.45, 2.75) is 56.8 Å². The van der Waals surface area contributed by atoms with Crippen molar-refractivity contribution < 1.29 is 4.74 Å². The van der Waals surface area contributed by atoms with Crippen LogP contribution in [0.4, 0.5) is 0 Å². The van der Waals surface area contributed by atoms with Crippen LogP contribution in [-0.2, 0) is 11.3 Å². The molecule has 2 aliphatic rings. The molecular formula is C19H29N3OS. The summed E-state index contributed by atoms with van der Waals surface area (Å²) in [6, 6.07) is 12.7. The summed E-state index contributed by atoms with van der Waals surface area (Å²) in [6.07, 6.45) is 6.03. The third-order valence-electron chi connectivity index (χ3n) is 5.24. The Hall–Kier alpha value is -1.17. The van der Waals surface area contributed by atoms with Gasteiger partial charge in [0.25, 0.3) is 0 Å². The molecule has 24 heavy (non-hydrogen) atoms. The number of fused-ring (bicyclic) bond motifs is 2. The number of ether oxygens (including phenoxy) is 1. The lowest BCUT2D eigenvalue weighted by Crippen LogP contribution is -2.51. The molecule has 0 amide bonds. The summed E-state index contributed by atoms with van der Waals surface area (Å²) in [6.45, 7) is 2.74. The van der Waals surface area contributed by atoms with Crippen molar-refractivity contribution in [3.8, 4) is 0 Å². The predicted molar refractivity (Wildman–Crippen MR) is 102 cm³/mol. The second kappa shape index (κ2) is 8.79. The first kappa shape index (κ1) is 17.6. The number of methoxy groups -OCH3 is 1. The van der Waals surface area contributed by atoms with Crippen LogP contribution >= 0.6 is 12.2 Å². The summed E-state index contributed by atoms with van der Waals surface area (Å²) < 4.78 is 5.06. The van der Waals surface area contributed by atoms with Crippen LogP contribution < -0.4 is 10.6 Å². The van der Waals surface area contributed by atoms with E-state index in [2.05, 4.69) is 45.9 Å². The van der Waals surface area contributed by atoms with Crippen LogP contribution in [-0.4, -0.2) is 48.4 Å². The number of nitrogens with one attached hydrogen (secondary N) is 2. The van der Waals surface area contributed by atoms with E-state index in [0.29, 0.717) is 18.1 Å². The summed E-state index contributed by atoms with van der Waals surface area (Å²) in [7, 11) is 1.73. The fourth-order valence-corrected chi connectivity index (χ4v) is 4.37. The van der Waals surface area contributed by atoms with E-state index in [1.165, 1.54) is 31.2 Å². The van der Waals surface area contributed by atoms with Gasteiger partial charge in [-0.3, -0.25) is 4.90 Å². The van der Waals surface area contributed by atoms with E-state index in [1.807, 2.05) is 0 Å². The molecule has 3 atom stereocenters. The van der Waals surface area contributed by atoms with Gasteiger partial charge in [-0.15, -0.1) is 0 Å². The zero-order valence-corrected chi connectivity index (χ0v) is 15.4. The van der Waals surface area contributed by atoms with E-state index in [4.69, 9.17) is 17.0 Å². The maximum absolute atomic E-state index is 5.44.